The van der Waals surface area contributed by atoms with Gasteiger partial charge in [-0.2, -0.15) is 0 Å². The van der Waals surface area contributed by atoms with E-state index < -0.39 is 5.54 Å². The van der Waals surface area contributed by atoms with Gasteiger partial charge in [-0.25, -0.2) is 0 Å². The summed E-state index contributed by atoms with van der Waals surface area (Å²) >= 11 is 0. The molecule has 6 heteroatoms. The number of nitrogens with zero attached hydrogens (tertiary/aromatic N) is 1. The largest absolute Gasteiger partial charge is 0.347 e. The van der Waals surface area contributed by atoms with E-state index in [2.05, 4.69) is 10.6 Å². The predicted octanol–water partition coefficient (Wildman–Crippen LogP) is 3.58. The summed E-state index contributed by atoms with van der Waals surface area (Å²) in [5.74, 6) is -0.597. The van der Waals surface area contributed by atoms with Crippen molar-refractivity contribution in [1.29, 1.82) is 0 Å². The van der Waals surface area contributed by atoms with E-state index in [1.807, 2.05) is 67.6 Å². The number of amides is 3. The van der Waals surface area contributed by atoms with Crippen molar-refractivity contribution in [1.82, 2.24) is 15.5 Å². The molecule has 0 saturated heterocycles. The fraction of sp³-hybridized carbons (Fsp3) is 0.423. The van der Waals surface area contributed by atoms with Crippen LogP contribution in [-0.4, -0.2) is 41.2 Å². The molecule has 3 rings (SSSR count). The minimum atomic E-state index is -0.895. The third-order valence-corrected chi connectivity index (χ3v) is 6.15. The maximum absolute atomic E-state index is 13.9. The standard InChI is InChI=1S/C26H33N3O3/c1-3-18-29(23(31)19-27-20(2)30)26(16-10-11-17-26)25(32)28-24(21-12-6-4-7-13-21)22-14-8-5-9-15-22/h4-9,12-15,24H,3,10-11,16-19H2,1-2H3,(H,27,30)(H,28,32). The van der Waals surface area contributed by atoms with E-state index in [0.717, 1.165) is 30.4 Å². The molecule has 0 aromatic heterocycles. The molecule has 0 unspecified atom stereocenters. The van der Waals surface area contributed by atoms with Crippen molar-refractivity contribution in [3.05, 3.63) is 71.8 Å². The molecule has 0 aliphatic heterocycles. The van der Waals surface area contributed by atoms with Gasteiger partial charge in [-0.15, -0.1) is 0 Å². The Bertz CT molecular complexity index is 869. The van der Waals surface area contributed by atoms with Crippen molar-refractivity contribution < 1.29 is 14.4 Å². The van der Waals surface area contributed by atoms with Crippen molar-refractivity contribution in [2.24, 2.45) is 0 Å². The Labute approximate surface area is 190 Å². The molecule has 1 aliphatic rings. The topological polar surface area (TPSA) is 78.5 Å². The number of nitrogens with one attached hydrogen (secondary N) is 2. The van der Waals surface area contributed by atoms with E-state index in [1.54, 1.807) is 4.90 Å². The second kappa shape index (κ2) is 10.9. The van der Waals surface area contributed by atoms with Crippen LogP contribution < -0.4 is 10.6 Å². The zero-order chi connectivity index (χ0) is 23.0. The van der Waals surface area contributed by atoms with Crippen LogP contribution in [-0.2, 0) is 14.4 Å². The first-order valence-corrected chi connectivity index (χ1v) is 11.4. The van der Waals surface area contributed by atoms with Gasteiger partial charge in [0.1, 0.15) is 5.54 Å². The van der Waals surface area contributed by atoms with Crippen molar-refractivity contribution in [2.75, 3.05) is 13.1 Å². The van der Waals surface area contributed by atoms with Crippen molar-refractivity contribution in [3.63, 3.8) is 0 Å². The van der Waals surface area contributed by atoms with E-state index in [9.17, 15) is 14.4 Å². The van der Waals surface area contributed by atoms with Crippen LogP contribution in [0, 0.1) is 0 Å². The first-order chi connectivity index (χ1) is 15.5. The molecule has 6 nitrogen and oxygen atoms in total. The molecular weight excluding hydrogens is 402 g/mol. The molecule has 0 radical (unpaired) electrons. The van der Waals surface area contributed by atoms with E-state index in [-0.39, 0.29) is 30.3 Å². The summed E-state index contributed by atoms with van der Waals surface area (Å²) in [4.78, 5) is 40.1. The van der Waals surface area contributed by atoms with Crippen molar-refractivity contribution in [3.8, 4) is 0 Å². The Morgan fingerprint density at radius 3 is 1.94 bits per heavy atom. The van der Waals surface area contributed by atoms with E-state index in [1.165, 1.54) is 6.92 Å². The van der Waals surface area contributed by atoms with Gasteiger partial charge in [-0.3, -0.25) is 14.4 Å². The lowest BCUT2D eigenvalue weighted by Crippen LogP contribution is -2.61. The van der Waals surface area contributed by atoms with Crippen LogP contribution in [0.2, 0.25) is 0 Å². The maximum Gasteiger partial charge on any atom is 0.246 e. The van der Waals surface area contributed by atoms with Gasteiger partial charge >= 0.3 is 0 Å². The lowest BCUT2D eigenvalue weighted by molar-refractivity contribution is -0.148. The minimum Gasteiger partial charge on any atom is -0.347 e. The quantitative estimate of drug-likeness (QED) is 0.632. The Morgan fingerprint density at radius 2 is 1.47 bits per heavy atom. The van der Waals surface area contributed by atoms with Crippen molar-refractivity contribution >= 4 is 17.7 Å². The molecule has 0 atom stereocenters. The van der Waals surface area contributed by atoms with Gasteiger partial charge in [-0.05, 0) is 30.4 Å². The third kappa shape index (κ3) is 5.36. The lowest BCUT2D eigenvalue weighted by Gasteiger charge is -2.41. The second-order valence-corrected chi connectivity index (χ2v) is 8.42. The highest BCUT2D eigenvalue weighted by Crippen LogP contribution is 2.37. The summed E-state index contributed by atoms with van der Waals surface area (Å²) in [5.41, 5.74) is 1.09. The highest BCUT2D eigenvalue weighted by Gasteiger charge is 2.48. The molecule has 2 aromatic carbocycles. The monoisotopic (exact) mass is 435 g/mol. The van der Waals surface area contributed by atoms with Crippen LogP contribution in [0.3, 0.4) is 0 Å². The number of carbonyl (C=O) groups excluding carboxylic acids is 3. The molecule has 0 bridgehead atoms. The Kier molecular flexibility index (Phi) is 8.03. The average molecular weight is 436 g/mol. The molecule has 170 valence electrons. The Morgan fingerprint density at radius 1 is 0.938 bits per heavy atom. The van der Waals surface area contributed by atoms with Crippen LogP contribution in [0.4, 0.5) is 0 Å². The van der Waals surface area contributed by atoms with Gasteiger partial charge in [0.15, 0.2) is 0 Å². The molecule has 0 heterocycles. The van der Waals surface area contributed by atoms with Crippen LogP contribution in [0.1, 0.15) is 63.1 Å². The lowest BCUT2D eigenvalue weighted by atomic mass is 9.90. The third-order valence-electron chi connectivity index (χ3n) is 6.15. The molecule has 1 fully saturated rings. The molecule has 1 aliphatic carbocycles. The fourth-order valence-corrected chi connectivity index (χ4v) is 4.59. The van der Waals surface area contributed by atoms with E-state index >= 15 is 0 Å². The number of hydrogen-bond acceptors (Lipinski definition) is 3. The van der Waals surface area contributed by atoms with Gasteiger partial charge in [0, 0.05) is 13.5 Å². The SMILES string of the molecule is CCCN(C(=O)CNC(C)=O)C1(C(=O)NC(c2ccccc2)c2ccccc2)CCCC1. The summed E-state index contributed by atoms with van der Waals surface area (Å²) in [5, 5.41) is 5.87. The highest BCUT2D eigenvalue weighted by molar-refractivity contribution is 5.93. The van der Waals surface area contributed by atoms with Crippen molar-refractivity contribution in [2.45, 2.75) is 57.5 Å². The van der Waals surface area contributed by atoms with Gasteiger partial charge in [0.05, 0.1) is 12.6 Å². The number of hydrogen-bond donors (Lipinski definition) is 2. The average Bonchev–Trinajstić information content (AvgIpc) is 3.31. The molecule has 2 aromatic rings. The predicted molar refractivity (Wildman–Crippen MR) is 125 cm³/mol. The first-order valence-electron chi connectivity index (χ1n) is 11.4. The van der Waals surface area contributed by atoms with Crippen LogP contribution >= 0.6 is 0 Å². The molecule has 0 spiro atoms. The van der Waals surface area contributed by atoms with Gasteiger partial charge in [-0.1, -0.05) is 80.4 Å². The van der Waals surface area contributed by atoms with E-state index in [4.69, 9.17) is 0 Å². The van der Waals surface area contributed by atoms with Gasteiger partial charge in [0.25, 0.3) is 0 Å². The normalized spacial score (nSPS) is 14.7. The highest BCUT2D eigenvalue weighted by atomic mass is 16.2. The maximum atomic E-state index is 13.9. The summed E-state index contributed by atoms with van der Waals surface area (Å²) < 4.78 is 0. The van der Waals surface area contributed by atoms with Crippen LogP contribution in [0.5, 0.6) is 0 Å². The minimum absolute atomic E-state index is 0.0921. The molecule has 32 heavy (non-hydrogen) atoms. The molecule has 1 saturated carbocycles. The summed E-state index contributed by atoms with van der Waals surface area (Å²) in [6.07, 6.45) is 3.77. The summed E-state index contributed by atoms with van der Waals surface area (Å²) in [6, 6.07) is 19.5. The number of rotatable bonds is 9. The molecule has 2 N–H and O–H groups in total. The summed E-state index contributed by atoms with van der Waals surface area (Å²) in [6.45, 7) is 3.77. The Hall–Kier alpha value is -3.15. The van der Waals surface area contributed by atoms with Gasteiger partial charge in [0.2, 0.25) is 17.7 Å². The fourth-order valence-electron chi connectivity index (χ4n) is 4.59. The Balaban J connectivity index is 1.92. The van der Waals surface area contributed by atoms with E-state index in [0.29, 0.717) is 19.4 Å². The van der Waals surface area contributed by atoms with Crippen LogP contribution in [0.15, 0.2) is 60.7 Å². The molecule has 3 amide bonds. The smallest absolute Gasteiger partial charge is 0.246 e. The summed E-state index contributed by atoms with van der Waals surface area (Å²) in [7, 11) is 0. The van der Waals surface area contributed by atoms with Gasteiger partial charge < -0.3 is 15.5 Å². The van der Waals surface area contributed by atoms with Crippen LogP contribution in [0.25, 0.3) is 0 Å². The zero-order valence-electron chi connectivity index (χ0n) is 19.0. The molecular formula is C26H33N3O3. The first kappa shape index (κ1) is 23.5. The second-order valence-electron chi connectivity index (χ2n) is 8.42. The zero-order valence-corrected chi connectivity index (χ0v) is 19.0. The number of benzene rings is 2. The number of carbonyl (C=O) groups is 3.